The molecule has 5 heteroatoms. The summed E-state index contributed by atoms with van der Waals surface area (Å²) in [5, 5.41) is 8.99. The Hall–Kier alpha value is -3.18. The monoisotopic (exact) mass is 467 g/mol. The largest absolute Gasteiger partial charge is 0.385 e. The van der Waals surface area contributed by atoms with Crippen molar-refractivity contribution in [3.05, 3.63) is 84.2 Å². The van der Waals surface area contributed by atoms with Gasteiger partial charge in [-0.05, 0) is 80.2 Å². The third kappa shape index (κ3) is 11.6. The maximum absolute atomic E-state index is 13.3. The molecule has 0 heterocycles. The highest BCUT2D eigenvalue weighted by molar-refractivity contribution is 6.04. The van der Waals surface area contributed by atoms with Crippen molar-refractivity contribution in [2.75, 3.05) is 31.3 Å². The normalized spacial score (nSPS) is 9.18. The van der Waals surface area contributed by atoms with Crippen LogP contribution in [-0.4, -0.2) is 26.5 Å². The van der Waals surface area contributed by atoms with Crippen LogP contribution in [0.3, 0.4) is 0 Å². The van der Waals surface area contributed by atoms with Gasteiger partial charge >= 0.3 is 0 Å². The molecule has 34 heavy (non-hydrogen) atoms. The molecule has 0 bridgehead atoms. The van der Waals surface area contributed by atoms with E-state index in [1.54, 1.807) is 18.2 Å². The number of hydrogen-bond donors (Lipinski definition) is 3. The molecule has 0 unspecified atom stereocenters. The summed E-state index contributed by atoms with van der Waals surface area (Å²) in [6.07, 6.45) is 2.28. The van der Waals surface area contributed by atoms with Gasteiger partial charge in [-0.25, -0.2) is 4.39 Å². The Balaban J connectivity index is 0.00000141. The Kier molecular flexibility index (Phi) is 17.5. The number of benzene rings is 3. The maximum Gasteiger partial charge on any atom is 0.255 e. The summed E-state index contributed by atoms with van der Waals surface area (Å²) in [5.41, 5.74) is 4.00. The van der Waals surface area contributed by atoms with Gasteiger partial charge in [-0.2, -0.15) is 0 Å². The second-order valence-corrected chi connectivity index (χ2v) is 6.90. The molecule has 1 amide bonds. The topological polar surface area (TPSA) is 53.2 Å². The highest BCUT2D eigenvalue weighted by Gasteiger charge is 2.07. The van der Waals surface area contributed by atoms with Crippen molar-refractivity contribution >= 4 is 17.3 Å². The van der Waals surface area contributed by atoms with Crippen molar-refractivity contribution in [2.45, 2.75) is 47.5 Å². The SMILES string of the molecule is CC.CC.CCCCNc1ccc(NC(=O)c2ccc(-c3cccc(F)c3)cc2)cc1.CNC. The van der Waals surface area contributed by atoms with E-state index in [0.717, 1.165) is 41.9 Å². The number of halogens is 1. The van der Waals surface area contributed by atoms with Gasteiger partial charge in [-0.15, -0.1) is 0 Å². The van der Waals surface area contributed by atoms with Crippen LogP contribution in [-0.2, 0) is 0 Å². The first kappa shape index (κ1) is 30.8. The molecule has 0 saturated heterocycles. The molecule has 3 rings (SSSR count). The van der Waals surface area contributed by atoms with Crippen LogP contribution in [0.2, 0.25) is 0 Å². The molecule has 186 valence electrons. The molecule has 0 aliphatic carbocycles. The fraction of sp³-hybridized carbons (Fsp3) is 0.345. The number of carbonyl (C=O) groups is 1. The number of rotatable bonds is 7. The first-order valence-corrected chi connectivity index (χ1v) is 12.2. The highest BCUT2D eigenvalue weighted by atomic mass is 19.1. The average Bonchev–Trinajstić information content (AvgIpc) is 2.88. The number of carbonyl (C=O) groups excluding carboxylic acids is 1. The van der Waals surface area contributed by atoms with Crippen LogP contribution in [0.25, 0.3) is 11.1 Å². The molecule has 0 spiro atoms. The minimum absolute atomic E-state index is 0.174. The van der Waals surface area contributed by atoms with Crippen LogP contribution in [0.5, 0.6) is 0 Å². The molecule has 0 aromatic heterocycles. The van der Waals surface area contributed by atoms with Gasteiger partial charge in [0.05, 0.1) is 0 Å². The Morgan fingerprint density at radius 3 is 1.88 bits per heavy atom. The number of nitrogens with one attached hydrogen (secondary N) is 3. The van der Waals surface area contributed by atoms with E-state index in [0.29, 0.717) is 5.56 Å². The zero-order valence-corrected chi connectivity index (χ0v) is 21.8. The molecular formula is C29H42FN3O. The van der Waals surface area contributed by atoms with Crippen molar-refractivity contribution < 1.29 is 9.18 Å². The van der Waals surface area contributed by atoms with Crippen LogP contribution in [0.15, 0.2) is 72.8 Å². The van der Waals surface area contributed by atoms with Gasteiger partial charge in [-0.3, -0.25) is 4.79 Å². The summed E-state index contributed by atoms with van der Waals surface area (Å²) in [7, 11) is 3.75. The van der Waals surface area contributed by atoms with Gasteiger partial charge in [0.1, 0.15) is 5.82 Å². The zero-order valence-electron chi connectivity index (χ0n) is 21.8. The average molecular weight is 468 g/mol. The smallest absolute Gasteiger partial charge is 0.255 e. The summed E-state index contributed by atoms with van der Waals surface area (Å²) in [6.45, 7) is 11.1. The van der Waals surface area contributed by atoms with Gasteiger partial charge in [0, 0.05) is 23.5 Å². The molecule has 0 aliphatic heterocycles. The third-order valence-corrected chi connectivity index (χ3v) is 4.31. The van der Waals surface area contributed by atoms with Crippen molar-refractivity contribution in [3.63, 3.8) is 0 Å². The Bertz CT molecular complexity index is 909. The molecular weight excluding hydrogens is 425 g/mol. The van der Waals surface area contributed by atoms with Gasteiger partial charge in [0.25, 0.3) is 5.91 Å². The van der Waals surface area contributed by atoms with Crippen molar-refractivity contribution in [2.24, 2.45) is 0 Å². The third-order valence-electron chi connectivity index (χ3n) is 4.31. The van der Waals surface area contributed by atoms with Gasteiger partial charge in [0.15, 0.2) is 0 Å². The lowest BCUT2D eigenvalue weighted by Gasteiger charge is -2.09. The van der Waals surface area contributed by atoms with Crippen LogP contribution in [0.1, 0.15) is 57.8 Å². The van der Waals surface area contributed by atoms with Crippen molar-refractivity contribution in [3.8, 4) is 11.1 Å². The number of unbranched alkanes of at least 4 members (excludes halogenated alkanes) is 1. The molecule has 0 radical (unpaired) electrons. The molecule has 0 atom stereocenters. The Morgan fingerprint density at radius 1 is 0.794 bits per heavy atom. The van der Waals surface area contributed by atoms with E-state index < -0.39 is 0 Å². The summed E-state index contributed by atoms with van der Waals surface area (Å²) in [5.74, 6) is -0.450. The van der Waals surface area contributed by atoms with Gasteiger partial charge < -0.3 is 16.0 Å². The summed E-state index contributed by atoms with van der Waals surface area (Å²) >= 11 is 0. The van der Waals surface area contributed by atoms with Crippen molar-refractivity contribution in [1.82, 2.24) is 5.32 Å². The van der Waals surface area contributed by atoms with Crippen LogP contribution in [0, 0.1) is 5.82 Å². The van der Waals surface area contributed by atoms with Gasteiger partial charge in [-0.1, -0.05) is 65.3 Å². The summed E-state index contributed by atoms with van der Waals surface area (Å²) < 4.78 is 13.3. The van der Waals surface area contributed by atoms with E-state index >= 15 is 0 Å². The molecule has 4 nitrogen and oxygen atoms in total. The first-order chi connectivity index (χ1) is 16.6. The molecule has 0 fully saturated rings. The van der Waals surface area contributed by atoms with E-state index in [2.05, 4.69) is 22.9 Å². The molecule has 0 saturated carbocycles. The number of hydrogen-bond acceptors (Lipinski definition) is 3. The molecule has 3 N–H and O–H groups in total. The summed E-state index contributed by atoms with van der Waals surface area (Å²) in [4.78, 5) is 12.4. The molecule has 0 aliphatic rings. The second-order valence-electron chi connectivity index (χ2n) is 6.90. The fourth-order valence-corrected chi connectivity index (χ4v) is 2.77. The lowest BCUT2D eigenvalue weighted by molar-refractivity contribution is 0.102. The number of amides is 1. The van der Waals surface area contributed by atoms with Crippen LogP contribution < -0.4 is 16.0 Å². The first-order valence-electron chi connectivity index (χ1n) is 12.2. The molecule has 3 aromatic rings. The molecule has 3 aromatic carbocycles. The lowest BCUT2D eigenvalue weighted by atomic mass is 10.0. The summed E-state index contributed by atoms with van der Waals surface area (Å²) in [6, 6.07) is 21.2. The fourth-order valence-electron chi connectivity index (χ4n) is 2.77. The van der Waals surface area contributed by atoms with Crippen LogP contribution in [0.4, 0.5) is 15.8 Å². The lowest BCUT2D eigenvalue weighted by Crippen LogP contribution is -2.11. The Morgan fingerprint density at radius 2 is 1.35 bits per heavy atom. The maximum atomic E-state index is 13.3. The van der Waals surface area contributed by atoms with Gasteiger partial charge in [0.2, 0.25) is 0 Å². The van der Waals surface area contributed by atoms with E-state index in [9.17, 15) is 9.18 Å². The van der Waals surface area contributed by atoms with E-state index in [-0.39, 0.29) is 11.7 Å². The number of anilines is 2. The van der Waals surface area contributed by atoms with E-state index in [1.807, 2.05) is 84.3 Å². The quantitative estimate of drug-likeness (QED) is 0.310. The highest BCUT2D eigenvalue weighted by Crippen LogP contribution is 2.21. The predicted molar refractivity (Wildman–Crippen MR) is 147 cm³/mol. The van der Waals surface area contributed by atoms with Crippen molar-refractivity contribution in [1.29, 1.82) is 0 Å². The zero-order chi connectivity index (χ0) is 25.8. The van der Waals surface area contributed by atoms with Crippen LogP contribution >= 0.6 is 0 Å². The minimum Gasteiger partial charge on any atom is -0.385 e. The van der Waals surface area contributed by atoms with E-state index in [4.69, 9.17) is 0 Å². The second kappa shape index (κ2) is 19.3. The standard InChI is InChI=1S/C23H23FN2O.C2H7N.2C2H6/c1-2-3-15-25-21-11-13-22(14-12-21)26-23(27)18-9-7-17(8-10-18)19-5-4-6-20(24)16-19;1-3-2;2*1-2/h4-14,16,25H,2-3,15H2,1H3,(H,26,27);3H,1-2H3;2*1-2H3. The predicted octanol–water partition coefficient (Wildman–Crippen LogP) is 7.85. The Labute approximate surface area is 206 Å². The van der Waals surface area contributed by atoms with E-state index in [1.165, 1.54) is 12.1 Å². The minimum atomic E-state index is -0.276.